The van der Waals surface area contributed by atoms with E-state index in [9.17, 15) is 0 Å². The van der Waals surface area contributed by atoms with E-state index in [4.69, 9.17) is 9.47 Å². The highest BCUT2D eigenvalue weighted by Crippen LogP contribution is 2.39. The molecule has 3 saturated heterocycles. The van der Waals surface area contributed by atoms with E-state index in [-0.39, 0.29) is 5.60 Å². The van der Waals surface area contributed by atoms with Gasteiger partial charge >= 0.3 is 0 Å². The first-order valence-corrected chi connectivity index (χ1v) is 8.56. The van der Waals surface area contributed by atoms with Gasteiger partial charge in [0.15, 0.2) is 0 Å². The highest BCUT2D eigenvalue weighted by Gasteiger charge is 2.40. The molecule has 3 rings (SSSR count). The molecule has 0 aliphatic carbocycles. The molecule has 3 atom stereocenters. The average molecular weight is 271 g/mol. The molecule has 0 amide bonds. The minimum absolute atomic E-state index is 0.169. The fourth-order valence-corrected chi connectivity index (χ4v) is 4.73. The summed E-state index contributed by atoms with van der Waals surface area (Å²) in [6.45, 7) is 4.23. The Bertz CT molecular complexity index is 263. The summed E-state index contributed by atoms with van der Waals surface area (Å²) >= 11 is 2.04. The second-order valence-corrected chi connectivity index (χ2v) is 7.07. The van der Waals surface area contributed by atoms with Crippen molar-refractivity contribution in [3.8, 4) is 0 Å². The zero-order valence-electron chi connectivity index (χ0n) is 11.2. The monoisotopic (exact) mass is 271 g/mol. The molecule has 0 aromatic heterocycles. The highest BCUT2D eigenvalue weighted by molar-refractivity contribution is 7.99. The van der Waals surface area contributed by atoms with Crippen LogP contribution in [0.2, 0.25) is 0 Å². The Labute approximate surface area is 114 Å². The van der Waals surface area contributed by atoms with Gasteiger partial charge in [-0.05, 0) is 50.4 Å². The Hall–Kier alpha value is 0.230. The largest absolute Gasteiger partial charge is 0.378 e. The van der Waals surface area contributed by atoms with Crippen LogP contribution in [0.15, 0.2) is 0 Å². The molecule has 104 valence electrons. The molecule has 3 nitrogen and oxygen atoms in total. The van der Waals surface area contributed by atoms with E-state index in [1.807, 2.05) is 11.8 Å². The molecule has 0 radical (unpaired) electrons. The molecule has 18 heavy (non-hydrogen) atoms. The summed E-state index contributed by atoms with van der Waals surface area (Å²) in [7, 11) is 0. The van der Waals surface area contributed by atoms with Crippen molar-refractivity contribution in [1.82, 2.24) is 5.32 Å². The van der Waals surface area contributed by atoms with Gasteiger partial charge in [-0.2, -0.15) is 11.8 Å². The number of thioether (sulfide) groups is 1. The lowest BCUT2D eigenvalue weighted by Gasteiger charge is -2.37. The second kappa shape index (κ2) is 6.12. The van der Waals surface area contributed by atoms with Gasteiger partial charge in [-0.1, -0.05) is 0 Å². The summed E-state index contributed by atoms with van der Waals surface area (Å²) in [5.74, 6) is 3.29. The van der Waals surface area contributed by atoms with Gasteiger partial charge in [-0.25, -0.2) is 0 Å². The smallest absolute Gasteiger partial charge is 0.0805 e. The van der Waals surface area contributed by atoms with Crippen LogP contribution in [0.1, 0.15) is 32.1 Å². The molecule has 0 aromatic rings. The number of ether oxygens (including phenoxy) is 2. The molecule has 3 fully saturated rings. The summed E-state index contributed by atoms with van der Waals surface area (Å²) < 4.78 is 12.1. The van der Waals surface area contributed by atoms with Gasteiger partial charge in [0.2, 0.25) is 0 Å². The fourth-order valence-electron chi connectivity index (χ4n) is 3.35. The minimum Gasteiger partial charge on any atom is -0.378 e. The first-order valence-electron chi connectivity index (χ1n) is 7.40. The number of rotatable bonds is 4. The van der Waals surface area contributed by atoms with Crippen LogP contribution in [-0.2, 0) is 9.47 Å². The van der Waals surface area contributed by atoms with Crippen LogP contribution in [0.3, 0.4) is 0 Å². The lowest BCUT2D eigenvalue weighted by atomic mass is 9.91. The first kappa shape index (κ1) is 13.2. The molecule has 3 unspecified atom stereocenters. The molecular formula is C14H25NO2S. The van der Waals surface area contributed by atoms with Gasteiger partial charge < -0.3 is 14.8 Å². The molecule has 0 bridgehead atoms. The Morgan fingerprint density at radius 1 is 1.39 bits per heavy atom. The van der Waals surface area contributed by atoms with Crippen LogP contribution in [0.5, 0.6) is 0 Å². The van der Waals surface area contributed by atoms with Crippen LogP contribution in [0.25, 0.3) is 0 Å². The molecule has 3 heterocycles. The minimum atomic E-state index is 0.169. The third-order valence-corrected chi connectivity index (χ3v) is 5.78. The molecule has 1 spiro atoms. The van der Waals surface area contributed by atoms with Crippen molar-refractivity contribution >= 4 is 11.8 Å². The van der Waals surface area contributed by atoms with E-state index in [1.54, 1.807) is 0 Å². The van der Waals surface area contributed by atoms with Gasteiger partial charge in [0.1, 0.15) is 0 Å². The zero-order valence-corrected chi connectivity index (χ0v) is 12.0. The second-order valence-electron chi connectivity index (χ2n) is 5.97. The van der Waals surface area contributed by atoms with Crippen LogP contribution in [-0.4, -0.2) is 49.5 Å². The molecule has 0 aromatic carbocycles. The lowest BCUT2D eigenvalue weighted by molar-refractivity contribution is -0.121. The molecular weight excluding hydrogens is 246 g/mol. The van der Waals surface area contributed by atoms with E-state index in [0.29, 0.717) is 6.10 Å². The van der Waals surface area contributed by atoms with Gasteiger partial charge in [0.25, 0.3) is 0 Å². The van der Waals surface area contributed by atoms with Crippen molar-refractivity contribution in [3.05, 3.63) is 0 Å². The molecule has 4 heteroatoms. The summed E-state index contributed by atoms with van der Waals surface area (Å²) in [4.78, 5) is 0. The van der Waals surface area contributed by atoms with Crippen molar-refractivity contribution in [2.75, 3.05) is 37.8 Å². The van der Waals surface area contributed by atoms with E-state index < -0.39 is 0 Å². The summed E-state index contributed by atoms with van der Waals surface area (Å²) in [5.41, 5.74) is 0.169. The van der Waals surface area contributed by atoms with Gasteiger partial charge in [-0.15, -0.1) is 0 Å². The van der Waals surface area contributed by atoms with E-state index in [2.05, 4.69) is 5.32 Å². The standard InChI is InChI=1S/C14H25NO2S/c1-5-15-10-12(1)2-6-16-13-3-7-17-14(9-13)4-8-18-11-14/h12-13,15H,1-11H2. The normalized spacial score (nSPS) is 40.7. The van der Waals surface area contributed by atoms with Crippen molar-refractivity contribution < 1.29 is 9.47 Å². The van der Waals surface area contributed by atoms with Gasteiger partial charge in [0.05, 0.1) is 11.7 Å². The summed E-state index contributed by atoms with van der Waals surface area (Å²) in [6.07, 6.45) is 6.46. The third-order valence-electron chi connectivity index (χ3n) is 4.56. The maximum atomic E-state index is 6.11. The van der Waals surface area contributed by atoms with Gasteiger partial charge in [-0.3, -0.25) is 0 Å². The maximum Gasteiger partial charge on any atom is 0.0805 e. The maximum absolute atomic E-state index is 6.11. The Morgan fingerprint density at radius 2 is 2.39 bits per heavy atom. The number of nitrogens with one attached hydrogen (secondary N) is 1. The fraction of sp³-hybridized carbons (Fsp3) is 1.00. The topological polar surface area (TPSA) is 30.5 Å². The number of hydrogen-bond acceptors (Lipinski definition) is 4. The summed E-state index contributed by atoms with van der Waals surface area (Å²) in [6, 6.07) is 0. The van der Waals surface area contributed by atoms with Crippen LogP contribution >= 0.6 is 11.8 Å². The first-order chi connectivity index (χ1) is 8.86. The predicted molar refractivity (Wildman–Crippen MR) is 75.2 cm³/mol. The molecule has 0 saturated carbocycles. The van der Waals surface area contributed by atoms with Crippen LogP contribution in [0.4, 0.5) is 0 Å². The SMILES string of the molecule is C1CC(CCOC2CCOC3(CCSC3)C2)CN1. The summed E-state index contributed by atoms with van der Waals surface area (Å²) in [5, 5.41) is 3.42. The Morgan fingerprint density at radius 3 is 3.17 bits per heavy atom. The van der Waals surface area contributed by atoms with Crippen molar-refractivity contribution in [2.45, 2.75) is 43.8 Å². The average Bonchev–Trinajstić information content (AvgIpc) is 3.02. The van der Waals surface area contributed by atoms with E-state index in [0.717, 1.165) is 32.0 Å². The van der Waals surface area contributed by atoms with E-state index >= 15 is 0 Å². The molecule has 3 aliphatic rings. The van der Waals surface area contributed by atoms with Crippen molar-refractivity contribution in [1.29, 1.82) is 0 Å². The van der Waals surface area contributed by atoms with Crippen LogP contribution in [0, 0.1) is 5.92 Å². The third kappa shape index (κ3) is 3.21. The lowest BCUT2D eigenvalue weighted by Crippen LogP contribution is -2.43. The van der Waals surface area contributed by atoms with E-state index in [1.165, 1.54) is 43.9 Å². The highest BCUT2D eigenvalue weighted by atomic mass is 32.2. The van der Waals surface area contributed by atoms with Crippen LogP contribution < -0.4 is 5.32 Å². The molecule has 1 N–H and O–H groups in total. The number of hydrogen-bond donors (Lipinski definition) is 1. The molecule has 3 aliphatic heterocycles. The zero-order chi connectivity index (χ0) is 12.3. The Kier molecular flexibility index (Phi) is 4.50. The van der Waals surface area contributed by atoms with Crippen molar-refractivity contribution in [3.63, 3.8) is 0 Å². The Balaban J connectivity index is 1.39. The van der Waals surface area contributed by atoms with Crippen molar-refractivity contribution in [2.24, 2.45) is 5.92 Å². The predicted octanol–water partition coefficient (Wildman–Crippen LogP) is 2.06. The van der Waals surface area contributed by atoms with Gasteiger partial charge in [0, 0.05) is 25.4 Å². The quantitative estimate of drug-likeness (QED) is 0.848.